The summed E-state index contributed by atoms with van der Waals surface area (Å²) >= 11 is 6.09. The molecule has 0 atom stereocenters. The fourth-order valence-corrected chi connectivity index (χ4v) is 3.26. The molecule has 0 bridgehead atoms. The van der Waals surface area contributed by atoms with Gasteiger partial charge in [0.25, 0.3) is 0 Å². The molecule has 0 saturated heterocycles. The summed E-state index contributed by atoms with van der Waals surface area (Å²) < 4.78 is 5.40. The first-order valence-electron chi connectivity index (χ1n) is 7.25. The molecule has 0 unspecified atom stereocenters. The van der Waals surface area contributed by atoms with Crippen molar-refractivity contribution in [3.8, 4) is 22.6 Å². The zero-order valence-corrected chi connectivity index (χ0v) is 13.2. The Hall–Kier alpha value is -2.65. The third-order valence-corrected chi connectivity index (χ3v) is 4.36. The number of halogens is 1. The second-order valence-electron chi connectivity index (χ2n) is 5.41. The SMILES string of the molecule is COc1cccc2c(-c3c(O)ccc4cc(Cl)ccc34)c[nH]c12. The molecular weight excluding hydrogens is 310 g/mol. The van der Waals surface area contributed by atoms with Gasteiger partial charge in [-0.2, -0.15) is 0 Å². The molecule has 0 radical (unpaired) electrons. The maximum absolute atomic E-state index is 10.5. The number of hydrogen-bond donors (Lipinski definition) is 2. The van der Waals surface area contributed by atoms with E-state index >= 15 is 0 Å². The number of methoxy groups -OCH3 is 1. The van der Waals surface area contributed by atoms with Gasteiger partial charge in [0.2, 0.25) is 0 Å². The average molecular weight is 324 g/mol. The molecule has 23 heavy (non-hydrogen) atoms. The molecular formula is C19H14ClNO2. The van der Waals surface area contributed by atoms with Crippen LogP contribution in [0.3, 0.4) is 0 Å². The Labute approximate surface area is 138 Å². The molecule has 4 rings (SSSR count). The highest BCUT2D eigenvalue weighted by Crippen LogP contribution is 2.41. The number of ether oxygens (including phenoxy) is 1. The van der Waals surface area contributed by atoms with E-state index in [1.54, 1.807) is 13.2 Å². The minimum atomic E-state index is 0.239. The van der Waals surface area contributed by atoms with Crippen LogP contribution < -0.4 is 4.74 Å². The maximum atomic E-state index is 10.5. The summed E-state index contributed by atoms with van der Waals surface area (Å²) in [4.78, 5) is 3.25. The van der Waals surface area contributed by atoms with Crippen molar-refractivity contribution in [2.24, 2.45) is 0 Å². The van der Waals surface area contributed by atoms with Crippen LogP contribution in [-0.4, -0.2) is 17.2 Å². The van der Waals surface area contributed by atoms with Crippen LogP contribution in [0.4, 0.5) is 0 Å². The molecule has 3 nitrogen and oxygen atoms in total. The van der Waals surface area contributed by atoms with Gasteiger partial charge in [0.05, 0.1) is 12.6 Å². The molecule has 0 fully saturated rings. The highest BCUT2D eigenvalue weighted by atomic mass is 35.5. The van der Waals surface area contributed by atoms with E-state index in [0.29, 0.717) is 5.02 Å². The van der Waals surface area contributed by atoms with E-state index in [0.717, 1.165) is 38.6 Å². The Morgan fingerprint density at radius 1 is 1.04 bits per heavy atom. The first-order valence-corrected chi connectivity index (χ1v) is 7.62. The van der Waals surface area contributed by atoms with Gasteiger partial charge in [0.1, 0.15) is 11.5 Å². The quantitative estimate of drug-likeness (QED) is 0.522. The third-order valence-electron chi connectivity index (χ3n) is 4.13. The van der Waals surface area contributed by atoms with Crippen molar-refractivity contribution in [3.63, 3.8) is 0 Å². The predicted octanol–water partition coefficient (Wildman–Crippen LogP) is 5.36. The van der Waals surface area contributed by atoms with E-state index in [4.69, 9.17) is 16.3 Å². The van der Waals surface area contributed by atoms with E-state index in [9.17, 15) is 5.11 Å². The van der Waals surface area contributed by atoms with E-state index in [1.165, 1.54) is 0 Å². The van der Waals surface area contributed by atoms with Crippen LogP contribution in [0.2, 0.25) is 5.02 Å². The predicted molar refractivity (Wildman–Crippen MR) is 94.5 cm³/mol. The first-order chi connectivity index (χ1) is 11.2. The molecule has 4 heteroatoms. The van der Waals surface area contributed by atoms with Crippen molar-refractivity contribution in [1.82, 2.24) is 4.98 Å². The minimum absolute atomic E-state index is 0.239. The van der Waals surface area contributed by atoms with Crippen molar-refractivity contribution in [2.45, 2.75) is 0 Å². The lowest BCUT2D eigenvalue weighted by Gasteiger charge is -2.09. The molecule has 114 valence electrons. The van der Waals surface area contributed by atoms with Crippen LogP contribution in [-0.2, 0) is 0 Å². The maximum Gasteiger partial charge on any atom is 0.142 e. The molecule has 0 spiro atoms. The van der Waals surface area contributed by atoms with Crippen LogP contribution in [0.25, 0.3) is 32.8 Å². The molecule has 3 aromatic carbocycles. The number of nitrogens with one attached hydrogen (secondary N) is 1. The molecule has 2 N–H and O–H groups in total. The molecule has 0 saturated carbocycles. The van der Waals surface area contributed by atoms with E-state index in [-0.39, 0.29) is 5.75 Å². The van der Waals surface area contributed by atoms with Crippen molar-refractivity contribution >= 4 is 33.3 Å². The van der Waals surface area contributed by atoms with Gasteiger partial charge in [-0.25, -0.2) is 0 Å². The van der Waals surface area contributed by atoms with Gasteiger partial charge in [-0.15, -0.1) is 0 Å². The molecule has 0 aliphatic rings. The number of phenolic OH excluding ortho intramolecular Hbond substituents is 1. The van der Waals surface area contributed by atoms with Crippen molar-refractivity contribution in [2.75, 3.05) is 7.11 Å². The number of H-pyrrole nitrogens is 1. The summed E-state index contributed by atoms with van der Waals surface area (Å²) in [5.41, 5.74) is 2.64. The Kier molecular flexibility index (Phi) is 3.17. The number of aromatic hydroxyl groups is 1. The zero-order valence-electron chi connectivity index (χ0n) is 12.4. The smallest absolute Gasteiger partial charge is 0.142 e. The van der Waals surface area contributed by atoms with E-state index < -0.39 is 0 Å². The summed E-state index contributed by atoms with van der Waals surface area (Å²) in [6.45, 7) is 0. The topological polar surface area (TPSA) is 45.2 Å². The van der Waals surface area contributed by atoms with Gasteiger partial charge in [-0.3, -0.25) is 0 Å². The Balaban J connectivity index is 2.09. The Morgan fingerprint density at radius 3 is 2.74 bits per heavy atom. The molecule has 1 heterocycles. The van der Waals surface area contributed by atoms with Gasteiger partial charge >= 0.3 is 0 Å². The Bertz CT molecular complexity index is 1040. The number of hydrogen-bond acceptors (Lipinski definition) is 2. The second-order valence-corrected chi connectivity index (χ2v) is 5.85. The lowest BCUT2D eigenvalue weighted by molar-refractivity contribution is 0.419. The lowest BCUT2D eigenvalue weighted by atomic mass is 9.97. The van der Waals surface area contributed by atoms with Crippen LogP contribution in [0.5, 0.6) is 11.5 Å². The van der Waals surface area contributed by atoms with Gasteiger partial charge in [-0.1, -0.05) is 35.9 Å². The average Bonchev–Trinajstić information content (AvgIpc) is 2.98. The normalized spacial score (nSPS) is 11.2. The second kappa shape index (κ2) is 5.21. The standard InChI is InChI=1S/C19H14ClNO2/c1-23-17-4-2-3-14-15(10-21-19(14)17)18-13-7-6-12(20)9-11(13)5-8-16(18)22/h2-10,21-22H,1H3. The lowest BCUT2D eigenvalue weighted by Crippen LogP contribution is -1.84. The van der Waals surface area contributed by atoms with Crippen LogP contribution in [0, 0.1) is 0 Å². The molecule has 0 amide bonds. The van der Waals surface area contributed by atoms with Crippen molar-refractivity contribution in [3.05, 3.63) is 59.8 Å². The fourth-order valence-electron chi connectivity index (χ4n) is 3.08. The summed E-state index contributed by atoms with van der Waals surface area (Å²) in [7, 11) is 1.65. The first kappa shape index (κ1) is 14.0. The Morgan fingerprint density at radius 2 is 1.91 bits per heavy atom. The molecule has 4 aromatic rings. The zero-order chi connectivity index (χ0) is 16.0. The number of phenols is 1. The number of fused-ring (bicyclic) bond motifs is 2. The van der Waals surface area contributed by atoms with Gasteiger partial charge in [0.15, 0.2) is 0 Å². The van der Waals surface area contributed by atoms with Crippen LogP contribution in [0.15, 0.2) is 54.7 Å². The summed E-state index contributed by atoms with van der Waals surface area (Å²) in [5, 5.41) is 14.1. The van der Waals surface area contributed by atoms with Crippen molar-refractivity contribution in [1.29, 1.82) is 0 Å². The molecule has 0 aliphatic carbocycles. The number of benzene rings is 3. The van der Waals surface area contributed by atoms with Crippen LogP contribution in [0.1, 0.15) is 0 Å². The summed E-state index contributed by atoms with van der Waals surface area (Å²) in [5.74, 6) is 1.01. The van der Waals surface area contributed by atoms with Gasteiger partial charge in [0, 0.05) is 27.7 Å². The number of rotatable bonds is 2. The van der Waals surface area contributed by atoms with Crippen molar-refractivity contribution < 1.29 is 9.84 Å². The number of aromatic nitrogens is 1. The molecule has 1 aromatic heterocycles. The minimum Gasteiger partial charge on any atom is -0.507 e. The van der Waals surface area contributed by atoms with Crippen LogP contribution >= 0.6 is 11.6 Å². The number of aromatic amines is 1. The van der Waals surface area contributed by atoms with Gasteiger partial charge < -0.3 is 14.8 Å². The highest BCUT2D eigenvalue weighted by Gasteiger charge is 2.15. The van der Waals surface area contributed by atoms with E-state index in [1.807, 2.05) is 48.7 Å². The fraction of sp³-hybridized carbons (Fsp3) is 0.0526. The summed E-state index contributed by atoms with van der Waals surface area (Å²) in [6, 6.07) is 15.1. The highest BCUT2D eigenvalue weighted by molar-refractivity contribution is 6.31. The van der Waals surface area contributed by atoms with Gasteiger partial charge in [-0.05, 0) is 35.0 Å². The third kappa shape index (κ3) is 2.13. The summed E-state index contributed by atoms with van der Waals surface area (Å²) in [6.07, 6.45) is 1.90. The van der Waals surface area contributed by atoms with E-state index in [2.05, 4.69) is 4.98 Å². The number of para-hydroxylation sites is 1. The monoisotopic (exact) mass is 323 g/mol. The molecule has 0 aliphatic heterocycles. The largest absolute Gasteiger partial charge is 0.507 e.